The first-order valence-electron chi connectivity index (χ1n) is 6.04. The maximum absolute atomic E-state index is 12.7. The van der Waals surface area contributed by atoms with Crippen LogP contribution < -0.4 is 10.6 Å². The summed E-state index contributed by atoms with van der Waals surface area (Å²) in [5.74, 6) is -0.298. The maximum Gasteiger partial charge on any atom is 0.416 e. The molecule has 0 aromatic heterocycles. The molecule has 0 heterocycles. The Kier molecular flexibility index (Phi) is 5.28. The van der Waals surface area contributed by atoms with Crippen molar-refractivity contribution in [2.75, 3.05) is 5.32 Å². The average Bonchev–Trinajstić information content (AvgIpc) is 2.25. The molecule has 0 aliphatic heterocycles. The van der Waals surface area contributed by atoms with Crippen molar-refractivity contribution < 1.29 is 18.0 Å². The topological polar surface area (TPSA) is 41.1 Å². The van der Waals surface area contributed by atoms with Crippen molar-refractivity contribution in [1.29, 1.82) is 0 Å². The average molecular weight is 309 g/mol. The summed E-state index contributed by atoms with van der Waals surface area (Å²) in [6.45, 7) is 5.16. The summed E-state index contributed by atoms with van der Waals surface area (Å²) >= 11 is 5.66. The molecule has 2 N–H and O–H groups in total. The van der Waals surface area contributed by atoms with Crippen LogP contribution in [0.15, 0.2) is 18.2 Å². The highest BCUT2D eigenvalue weighted by atomic mass is 35.5. The standard InChI is InChI=1S/C13H16ClF3N2O/c1-7(2)18-12(20)8(3)19-11-5-9(13(15,16)17)4-10(14)6-11/h4-8,19H,1-3H3,(H,18,20). The van der Waals surface area contributed by atoms with Crippen molar-refractivity contribution in [2.45, 2.75) is 39.0 Å². The molecule has 1 unspecified atom stereocenters. The minimum atomic E-state index is -4.48. The second-order valence-electron chi connectivity index (χ2n) is 4.76. The van der Waals surface area contributed by atoms with Gasteiger partial charge in [-0.3, -0.25) is 4.79 Å². The van der Waals surface area contributed by atoms with Gasteiger partial charge in [0.15, 0.2) is 0 Å². The van der Waals surface area contributed by atoms with E-state index < -0.39 is 17.8 Å². The minimum absolute atomic E-state index is 0.0428. The zero-order valence-corrected chi connectivity index (χ0v) is 12.1. The molecule has 0 bridgehead atoms. The molecule has 0 radical (unpaired) electrons. The SMILES string of the molecule is CC(C)NC(=O)C(C)Nc1cc(Cl)cc(C(F)(F)F)c1. The summed E-state index contributed by atoms with van der Waals surface area (Å²) in [6, 6.07) is 2.39. The van der Waals surface area contributed by atoms with Crippen molar-refractivity contribution in [3.05, 3.63) is 28.8 Å². The minimum Gasteiger partial charge on any atom is -0.374 e. The molecule has 0 aliphatic carbocycles. The molecule has 0 spiro atoms. The number of nitrogens with one attached hydrogen (secondary N) is 2. The quantitative estimate of drug-likeness (QED) is 0.891. The van der Waals surface area contributed by atoms with Gasteiger partial charge < -0.3 is 10.6 Å². The summed E-state index contributed by atoms with van der Waals surface area (Å²) in [6.07, 6.45) is -4.48. The Balaban J connectivity index is 2.87. The van der Waals surface area contributed by atoms with Crippen LogP contribution in [0.1, 0.15) is 26.3 Å². The molecule has 0 saturated heterocycles. The lowest BCUT2D eigenvalue weighted by Gasteiger charge is -2.18. The highest BCUT2D eigenvalue weighted by Gasteiger charge is 2.31. The largest absolute Gasteiger partial charge is 0.416 e. The maximum atomic E-state index is 12.7. The van der Waals surface area contributed by atoms with E-state index in [1.54, 1.807) is 20.8 Å². The summed E-state index contributed by atoms with van der Waals surface area (Å²) in [5.41, 5.74) is -0.708. The lowest BCUT2D eigenvalue weighted by atomic mass is 10.1. The molecule has 1 aromatic carbocycles. The first-order valence-corrected chi connectivity index (χ1v) is 6.42. The van der Waals surface area contributed by atoms with Crippen molar-refractivity contribution in [3.8, 4) is 0 Å². The van der Waals surface area contributed by atoms with Gasteiger partial charge in [-0.1, -0.05) is 11.6 Å². The Morgan fingerprint density at radius 1 is 1.20 bits per heavy atom. The van der Waals surface area contributed by atoms with Gasteiger partial charge in [-0.15, -0.1) is 0 Å². The number of carbonyl (C=O) groups is 1. The predicted molar refractivity (Wildman–Crippen MR) is 72.8 cm³/mol. The first-order chi connectivity index (χ1) is 9.09. The van der Waals surface area contributed by atoms with Crippen LogP contribution in [0.4, 0.5) is 18.9 Å². The van der Waals surface area contributed by atoms with Crippen LogP contribution in [-0.4, -0.2) is 18.0 Å². The van der Waals surface area contributed by atoms with Gasteiger partial charge >= 0.3 is 6.18 Å². The van der Waals surface area contributed by atoms with E-state index in [0.29, 0.717) is 0 Å². The first kappa shape index (κ1) is 16.6. The Bertz CT molecular complexity index is 489. The molecule has 0 saturated carbocycles. The van der Waals surface area contributed by atoms with Gasteiger partial charge in [0.05, 0.1) is 5.56 Å². The van der Waals surface area contributed by atoms with Gasteiger partial charge in [-0.25, -0.2) is 0 Å². The van der Waals surface area contributed by atoms with Crippen molar-refractivity contribution in [1.82, 2.24) is 5.32 Å². The van der Waals surface area contributed by atoms with Crippen LogP contribution in [0.2, 0.25) is 5.02 Å². The summed E-state index contributed by atoms with van der Waals surface area (Å²) in [4.78, 5) is 11.7. The summed E-state index contributed by atoms with van der Waals surface area (Å²) in [7, 11) is 0. The molecular formula is C13H16ClF3N2O. The van der Waals surface area contributed by atoms with Crippen LogP contribution in [0.25, 0.3) is 0 Å². The molecule has 1 aromatic rings. The highest BCUT2D eigenvalue weighted by Crippen LogP contribution is 2.33. The molecule has 112 valence electrons. The Hall–Kier alpha value is -1.43. The third-order valence-electron chi connectivity index (χ3n) is 2.43. The molecule has 3 nitrogen and oxygen atoms in total. The summed E-state index contributed by atoms with van der Waals surface area (Å²) < 4.78 is 38.0. The Morgan fingerprint density at radius 2 is 1.80 bits per heavy atom. The number of amides is 1. The van der Waals surface area contributed by atoms with E-state index in [-0.39, 0.29) is 22.7 Å². The van der Waals surface area contributed by atoms with E-state index in [4.69, 9.17) is 11.6 Å². The van der Waals surface area contributed by atoms with Gasteiger partial charge in [-0.05, 0) is 39.0 Å². The molecule has 1 rings (SSSR count). The number of benzene rings is 1. The fraction of sp³-hybridized carbons (Fsp3) is 0.462. The third kappa shape index (κ3) is 4.92. The second kappa shape index (κ2) is 6.35. The van der Waals surface area contributed by atoms with Crippen LogP contribution in [0, 0.1) is 0 Å². The highest BCUT2D eigenvalue weighted by molar-refractivity contribution is 6.31. The van der Waals surface area contributed by atoms with E-state index in [1.165, 1.54) is 6.07 Å². The Labute approximate surface area is 120 Å². The van der Waals surface area contributed by atoms with Crippen LogP contribution in [0.3, 0.4) is 0 Å². The van der Waals surface area contributed by atoms with Gasteiger partial charge in [0.1, 0.15) is 6.04 Å². The van der Waals surface area contributed by atoms with Crippen molar-refractivity contribution >= 4 is 23.2 Å². The van der Waals surface area contributed by atoms with Gasteiger partial charge in [0.25, 0.3) is 0 Å². The number of hydrogen-bond acceptors (Lipinski definition) is 2. The van der Waals surface area contributed by atoms with E-state index in [0.717, 1.165) is 12.1 Å². The molecule has 1 atom stereocenters. The fourth-order valence-electron chi connectivity index (χ4n) is 1.56. The van der Waals surface area contributed by atoms with Gasteiger partial charge in [0, 0.05) is 16.8 Å². The molecule has 1 amide bonds. The number of halogens is 4. The number of carbonyl (C=O) groups excluding carboxylic acids is 1. The molecule has 7 heteroatoms. The molecule has 0 aliphatic rings. The van der Waals surface area contributed by atoms with Crippen LogP contribution in [0.5, 0.6) is 0 Å². The van der Waals surface area contributed by atoms with Gasteiger partial charge in [-0.2, -0.15) is 13.2 Å². The number of rotatable bonds is 4. The van der Waals surface area contributed by atoms with Crippen LogP contribution in [-0.2, 0) is 11.0 Å². The van der Waals surface area contributed by atoms with Crippen molar-refractivity contribution in [3.63, 3.8) is 0 Å². The van der Waals surface area contributed by atoms with E-state index in [9.17, 15) is 18.0 Å². The molecule has 0 fully saturated rings. The molecule has 20 heavy (non-hydrogen) atoms. The zero-order valence-electron chi connectivity index (χ0n) is 11.3. The monoisotopic (exact) mass is 308 g/mol. The van der Waals surface area contributed by atoms with Crippen molar-refractivity contribution in [2.24, 2.45) is 0 Å². The zero-order chi connectivity index (χ0) is 15.5. The van der Waals surface area contributed by atoms with E-state index in [1.807, 2.05) is 0 Å². The Morgan fingerprint density at radius 3 is 2.30 bits per heavy atom. The number of anilines is 1. The van der Waals surface area contributed by atoms with E-state index in [2.05, 4.69) is 10.6 Å². The van der Waals surface area contributed by atoms with E-state index >= 15 is 0 Å². The lowest BCUT2D eigenvalue weighted by molar-refractivity contribution is -0.137. The fourth-order valence-corrected chi connectivity index (χ4v) is 1.80. The number of hydrogen-bond donors (Lipinski definition) is 2. The lowest BCUT2D eigenvalue weighted by Crippen LogP contribution is -2.41. The second-order valence-corrected chi connectivity index (χ2v) is 5.19. The smallest absolute Gasteiger partial charge is 0.374 e. The summed E-state index contributed by atoms with van der Waals surface area (Å²) in [5, 5.41) is 5.33. The predicted octanol–water partition coefficient (Wildman–Crippen LogP) is 3.68. The van der Waals surface area contributed by atoms with Gasteiger partial charge in [0.2, 0.25) is 5.91 Å². The number of alkyl halides is 3. The van der Waals surface area contributed by atoms with Crippen LogP contribution >= 0.6 is 11.6 Å². The normalized spacial score (nSPS) is 13.2. The third-order valence-corrected chi connectivity index (χ3v) is 2.65. The molecular weight excluding hydrogens is 293 g/mol.